The largest absolute Gasteiger partial charge is 0.494 e. The highest BCUT2D eigenvalue weighted by Gasteiger charge is 2.51. The quantitative estimate of drug-likeness (QED) is 0.751. The summed E-state index contributed by atoms with van der Waals surface area (Å²) in [5, 5.41) is 0. The highest BCUT2D eigenvalue weighted by Crippen LogP contribution is 2.36. The van der Waals surface area contributed by atoms with Gasteiger partial charge in [0.15, 0.2) is 0 Å². The molecule has 4 heteroatoms. The number of hydrogen-bond acceptors (Lipinski definition) is 2. The Kier molecular flexibility index (Phi) is 3.28. The minimum absolute atomic E-state index is 0.366. The van der Waals surface area contributed by atoms with Gasteiger partial charge in [0.25, 0.3) is 0 Å². The third-order valence-electron chi connectivity index (χ3n) is 3.90. The third kappa shape index (κ3) is 2.32. The van der Waals surface area contributed by atoms with Crippen molar-refractivity contribution in [3.63, 3.8) is 0 Å². The van der Waals surface area contributed by atoms with Crippen molar-refractivity contribution in [2.45, 2.75) is 52.0 Å². The maximum Gasteiger partial charge on any atom is 0.494 e. The number of alkyl halides is 1. The molecule has 0 spiro atoms. The van der Waals surface area contributed by atoms with Crippen LogP contribution >= 0.6 is 0 Å². The van der Waals surface area contributed by atoms with Gasteiger partial charge in [0, 0.05) is 0 Å². The summed E-state index contributed by atoms with van der Waals surface area (Å²) in [5.41, 5.74) is 0.794. The summed E-state index contributed by atoms with van der Waals surface area (Å²) in [7, 11) is -0.423. The van der Waals surface area contributed by atoms with Gasteiger partial charge in [-0.25, -0.2) is 4.39 Å². The lowest BCUT2D eigenvalue weighted by atomic mass is 9.78. The van der Waals surface area contributed by atoms with Crippen molar-refractivity contribution in [2.75, 3.05) is 0 Å². The zero-order valence-corrected chi connectivity index (χ0v) is 11.7. The van der Waals surface area contributed by atoms with Crippen LogP contribution in [0.25, 0.3) is 0 Å². The summed E-state index contributed by atoms with van der Waals surface area (Å²) >= 11 is 0. The Morgan fingerprint density at radius 2 is 1.67 bits per heavy atom. The summed E-state index contributed by atoms with van der Waals surface area (Å²) in [5.74, 6) is 0. The zero-order chi connectivity index (χ0) is 13.6. The predicted molar refractivity (Wildman–Crippen MR) is 71.7 cm³/mol. The van der Waals surface area contributed by atoms with E-state index in [2.05, 4.69) is 0 Å². The van der Waals surface area contributed by atoms with Crippen molar-refractivity contribution in [3.05, 3.63) is 29.8 Å². The van der Waals surface area contributed by atoms with Crippen molar-refractivity contribution >= 4 is 12.6 Å². The summed E-state index contributed by atoms with van der Waals surface area (Å²) in [6.45, 7) is 9.57. The van der Waals surface area contributed by atoms with E-state index >= 15 is 0 Å². The van der Waals surface area contributed by atoms with E-state index in [1.807, 2.05) is 45.9 Å². The van der Waals surface area contributed by atoms with Crippen LogP contribution in [-0.2, 0) is 9.31 Å². The summed E-state index contributed by atoms with van der Waals surface area (Å²) in [4.78, 5) is 0. The molecule has 0 bridgehead atoms. The Bertz CT molecular complexity index is 427. The van der Waals surface area contributed by atoms with Gasteiger partial charge in [-0.15, -0.1) is 0 Å². The van der Waals surface area contributed by atoms with Gasteiger partial charge in [-0.2, -0.15) is 0 Å². The first-order chi connectivity index (χ1) is 8.23. The topological polar surface area (TPSA) is 18.5 Å². The molecule has 0 aromatic heterocycles. The van der Waals surface area contributed by atoms with E-state index in [1.54, 1.807) is 6.07 Å². The zero-order valence-electron chi connectivity index (χ0n) is 11.7. The van der Waals surface area contributed by atoms with Crippen LogP contribution in [-0.4, -0.2) is 18.3 Å². The number of benzene rings is 1. The molecule has 0 aliphatic carbocycles. The van der Waals surface area contributed by atoms with E-state index in [4.69, 9.17) is 9.31 Å². The molecule has 1 saturated heterocycles. The van der Waals surface area contributed by atoms with Gasteiger partial charge in [-0.05, 0) is 45.6 Å². The van der Waals surface area contributed by atoms with E-state index in [0.29, 0.717) is 5.56 Å². The summed E-state index contributed by atoms with van der Waals surface area (Å²) in [6.07, 6.45) is -0.979. The van der Waals surface area contributed by atoms with E-state index in [0.717, 1.165) is 5.46 Å². The molecule has 1 aromatic carbocycles. The molecule has 2 nitrogen and oxygen atoms in total. The maximum absolute atomic E-state index is 13.3. The van der Waals surface area contributed by atoms with Crippen molar-refractivity contribution in [3.8, 4) is 0 Å². The van der Waals surface area contributed by atoms with Gasteiger partial charge < -0.3 is 9.31 Å². The average molecular weight is 250 g/mol. The van der Waals surface area contributed by atoms with Gasteiger partial charge in [-0.3, -0.25) is 0 Å². The lowest BCUT2D eigenvalue weighted by Gasteiger charge is -2.32. The first-order valence-corrected chi connectivity index (χ1v) is 6.32. The van der Waals surface area contributed by atoms with Crippen LogP contribution in [0.5, 0.6) is 0 Å². The van der Waals surface area contributed by atoms with Crippen LogP contribution < -0.4 is 5.46 Å². The van der Waals surface area contributed by atoms with E-state index < -0.39 is 13.3 Å². The fraction of sp³-hybridized carbons (Fsp3) is 0.571. The molecule has 1 heterocycles. The maximum atomic E-state index is 13.3. The standard InChI is InChI=1S/C14H20BFO2/c1-10(16)11-7-6-8-12(9-11)15-17-13(2,3)14(4,5)18-15/h6-10H,1-5H3/t10-/m0/s1. The lowest BCUT2D eigenvalue weighted by Crippen LogP contribution is -2.41. The Labute approximate surface area is 109 Å². The van der Waals surface area contributed by atoms with Crippen LogP contribution in [0.3, 0.4) is 0 Å². The minimum Gasteiger partial charge on any atom is -0.399 e. The predicted octanol–water partition coefficient (Wildman–Crippen LogP) is 3.02. The summed E-state index contributed by atoms with van der Waals surface area (Å²) in [6, 6.07) is 7.34. The first-order valence-electron chi connectivity index (χ1n) is 6.32. The van der Waals surface area contributed by atoms with Crippen molar-refractivity contribution in [2.24, 2.45) is 0 Å². The molecule has 18 heavy (non-hydrogen) atoms. The van der Waals surface area contributed by atoms with E-state index in [-0.39, 0.29) is 11.2 Å². The number of hydrogen-bond donors (Lipinski definition) is 0. The molecule has 1 atom stereocenters. The Morgan fingerprint density at radius 3 is 2.17 bits per heavy atom. The molecule has 0 amide bonds. The molecular formula is C14H20BFO2. The van der Waals surface area contributed by atoms with Crippen molar-refractivity contribution in [1.82, 2.24) is 0 Å². The van der Waals surface area contributed by atoms with Gasteiger partial charge in [0.1, 0.15) is 6.17 Å². The number of halogens is 1. The molecule has 0 saturated carbocycles. The molecule has 0 radical (unpaired) electrons. The molecule has 0 N–H and O–H groups in total. The lowest BCUT2D eigenvalue weighted by molar-refractivity contribution is 0.00578. The van der Waals surface area contributed by atoms with E-state index in [1.165, 1.54) is 6.92 Å². The van der Waals surface area contributed by atoms with E-state index in [9.17, 15) is 4.39 Å². The Balaban J connectivity index is 2.27. The molecule has 1 aliphatic rings. The molecule has 98 valence electrons. The third-order valence-corrected chi connectivity index (χ3v) is 3.90. The van der Waals surface area contributed by atoms with Crippen LogP contribution in [0.4, 0.5) is 4.39 Å². The minimum atomic E-state index is -0.979. The van der Waals surface area contributed by atoms with Gasteiger partial charge in [-0.1, -0.05) is 24.3 Å². The molecule has 1 fully saturated rings. The fourth-order valence-electron chi connectivity index (χ4n) is 1.93. The van der Waals surface area contributed by atoms with Gasteiger partial charge in [0.2, 0.25) is 0 Å². The van der Waals surface area contributed by atoms with Gasteiger partial charge in [0.05, 0.1) is 11.2 Å². The second-order valence-electron chi connectivity index (χ2n) is 5.87. The normalized spacial score (nSPS) is 23.1. The van der Waals surface area contributed by atoms with Crippen LogP contribution in [0, 0.1) is 0 Å². The molecule has 0 unspecified atom stereocenters. The summed E-state index contributed by atoms with van der Waals surface area (Å²) < 4.78 is 25.2. The Morgan fingerprint density at radius 1 is 1.11 bits per heavy atom. The molecule has 1 aromatic rings. The molecule has 2 rings (SSSR count). The number of rotatable bonds is 2. The average Bonchev–Trinajstić information content (AvgIpc) is 2.48. The second-order valence-corrected chi connectivity index (χ2v) is 5.87. The highest BCUT2D eigenvalue weighted by molar-refractivity contribution is 6.62. The second kappa shape index (κ2) is 4.35. The smallest absolute Gasteiger partial charge is 0.399 e. The highest BCUT2D eigenvalue weighted by atomic mass is 19.1. The SMILES string of the molecule is C[C@H](F)c1cccc(B2OC(C)(C)C(C)(C)O2)c1. The Hall–Kier alpha value is -0.865. The van der Waals surface area contributed by atoms with Gasteiger partial charge >= 0.3 is 7.12 Å². The monoisotopic (exact) mass is 250 g/mol. The first kappa shape index (κ1) is 13.6. The fourth-order valence-corrected chi connectivity index (χ4v) is 1.93. The molecular weight excluding hydrogens is 230 g/mol. The van der Waals surface area contributed by atoms with Crippen LogP contribution in [0.1, 0.15) is 46.4 Å². The van der Waals surface area contributed by atoms with Crippen molar-refractivity contribution in [1.29, 1.82) is 0 Å². The van der Waals surface area contributed by atoms with Crippen LogP contribution in [0.15, 0.2) is 24.3 Å². The van der Waals surface area contributed by atoms with Crippen LogP contribution in [0.2, 0.25) is 0 Å². The molecule has 1 aliphatic heterocycles. The van der Waals surface area contributed by atoms with Crippen molar-refractivity contribution < 1.29 is 13.7 Å².